The minimum absolute atomic E-state index is 0.238. The zero-order valence-corrected chi connectivity index (χ0v) is 15.7. The first-order valence-electron chi connectivity index (χ1n) is 9.29. The molecule has 1 fully saturated rings. The predicted octanol–water partition coefficient (Wildman–Crippen LogP) is 4.21. The van der Waals surface area contributed by atoms with Crippen molar-refractivity contribution in [1.82, 2.24) is 14.7 Å². The summed E-state index contributed by atoms with van der Waals surface area (Å²) in [6, 6.07) is 15.3. The number of ether oxygens (including phenoxy) is 1. The van der Waals surface area contributed by atoms with Crippen LogP contribution in [0.15, 0.2) is 54.7 Å². The quantitative estimate of drug-likeness (QED) is 0.679. The molecule has 1 atom stereocenters. The van der Waals surface area contributed by atoms with Gasteiger partial charge in [-0.2, -0.15) is 5.10 Å². The average Bonchev–Trinajstić information content (AvgIpc) is 3.33. The second-order valence-electron chi connectivity index (χ2n) is 7.22. The summed E-state index contributed by atoms with van der Waals surface area (Å²) in [6.07, 6.45) is 3.13. The van der Waals surface area contributed by atoms with E-state index in [1.54, 1.807) is 12.1 Å². The number of likely N-dealkylation sites (N-methyl/N-ethyl adjacent to an activating group) is 1. The standard InChI is InChI=1S/C22H24FN3O/c1-16-3-9-20(10-4-16)26-14-18(13-25(2)21-11-12-27-15-21)22(24-26)17-5-7-19(23)8-6-17/h3-10,14,21H,11-13,15H2,1-2H3. The minimum atomic E-state index is -0.238. The van der Waals surface area contributed by atoms with Crippen molar-refractivity contribution in [2.24, 2.45) is 0 Å². The fourth-order valence-electron chi connectivity index (χ4n) is 3.47. The maximum Gasteiger partial charge on any atom is 0.123 e. The van der Waals surface area contributed by atoms with Crippen LogP contribution in [0, 0.1) is 12.7 Å². The van der Waals surface area contributed by atoms with Crippen molar-refractivity contribution in [3.63, 3.8) is 0 Å². The number of rotatable bonds is 5. The Kier molecular flexibility index (Phi) is 5.05. The van der Waals surface area contributed by atoms with Crippen molar-refractivity contribution in [2.45, 2.75) is 25.9 Å². The number of benzene rings is 2. The highest BCUT2D eigenvalue weighted by Gasteiger charge is 2.22. The van der Waals surface area contributed by atoms with Gasteiger partial charge in [-0.1, -0.05) is 17.7 Å². The Balaban J connectivity index is 1.70. The van der Waals surface area contributed by atoms with E-state index in [2.05, 4.69) is 49.3 Å². The summed E-state index contributed by atoms with van der Waals surface area (Å²) in [5, 5.41) is 4.83. The van der Waals surface area contributed by atoms with Gasteiger partial charge < -0.3 is 4.74 Å². The zero-order valence-electron chi connectivity index (χ0n) is 15.7. The van der Waals surface area contributed by atoms with Gasteiger partial charge in [-0.15, -0.1) is 0 Å². The molecule has 2 heterocycles. The third kappa shape index (κ3) is 3.94. The molecule has 0 radical (unpaired) electrons. The first-order chi connectivity index (χ1) is 13.1. The van der Waals surface area contributed by atoms with Gasteiger partial charge in [0.15, 0.2) is 0 Å². The Hall–Kier alpha value is -2.50. The van der Waals surface area contributed by atoms with E-state index in [9.17, 15) is 4.39 Å². The van der Waals surface area contributed by atoms with E-state index in [4.69, 9.17) is 9.84 Å². The molecular formula is C22H24FN3O. The molecule has 27 heavy (non-hydrogen) atoms. The summed E-state index contributed by atoms with van der Waals surface area (Å²) in [5.74, 6) is -0.238. The van der Waals surface area contributed by atoms with E-state index in [1.165, 1.54) is 17.7 Å². The summed E-state index contributed by atoms with van der Waals surface area (Å²) in [7, 11) is 2.12. The Labute approximate surface area is 159 Å². The monoisotopic (exact) mass is 365 g/mol. The second-order valence-corrected chi connectivity index (χ2v) is 7.22. The number of hydrogen-bond acceptors (Lipinski definition) is 3. The number of halogens is 1. The normalized spacial score (nSPS) is 17.0. The lowest BCUT2D eigenvalue weighted by Crippen LogP contribution is -2.31. The van der Waals surface area contributed by atoms with Crippen molar-refractivity contribution in [3.05, 3.63) is 71.7 Å². The van der Waals surface area contributed by atoms with Crippen LogP contribution in [0.5, 0.6) is 0 Å². The summed E-state index contributed by atoms with van der Waals surface area (Å²) in [4.78, 5) is 2.32. The topological polar surface area (TPSA) is 30.3 Å². The van der Waals surface area contributed by atoms with E-state index in [-0.39, 0.29) is 5.82 Å². The molecule has 0 bridgehead atoms. The van der Waals surface area contributed by atoms with E-state index >= 15 is 0 Å². The molecule has 0 spiro atoms. The highest BCUT2D eigenvalue weighted by Crippen LogP contribution is 2.26. The van der Waals surface area contributed by atoms with Crippen LogP contribution < -0.4 is 0 Å². The molecule has 1 saturated heterocycles. The number of aryl methyl sites for hydroxylation is 1. The van der Waals surface area contributed by atoms with Gasteiger partial charge in [-0.05, 0) is 56.8 Å². The molecule has 1 aliphatic heterocycles. The van der Waals surface area contributed by atoms with E-state index in [0.717, 1.165) is 48.7 Å². The molecule has 0 aliphatic carbocycles. The zero-order chi connectivity index (χ0) is 18.8. The maximum atomic E-state index is 13.4. The van der Waals surface area contributed by atoms with Gasteiger partial charge >= 0.3 is 0 Å². The Morgan fingerprint density at radius 3 is 2.56 bits per heavy atom. The number of aromatic nitrogens is 2. The maximum absolute atomic E-state index is 13.4. The molecule has 0 amide bonds. The molecule has 1 unspecified atom stereocenters. The van der Waals surface area contributed by atoms with Crippen molar-refractivity contribution in [1.29, 1.82) is 0 Å². The van der Waals surface area contributed by atoms with Gasteiger partial charge in [0.1, 0.15) is 5.82 Å². The lowest BCUT2D eigenvalue weighted by molar-refractivity contribution is 0.156. The molecular weight excluding hydrogens is 341 g/mol. The molecule has 4 nitrogen and oxygen atoms in total. The minimum Gasteiger partial charge on any atom is -0.380 e. The average molecular weight is 365 g/mol. The lowest BCUT2D eigenvalue weighted by atomic mass is 10.1. The molecule has 5 heteroatoms. The fourth-order valence-corrected chi connectivity index (χ4v) is 3.47. The van der Waals surface area contributed by atoms with Gasteiger partial charge in [-0.3, -0.25) is 4.90 Å². The summed E-state index contributed by atoms with van der Waals surface area (Å²) in [5.41, 5.74) is 5.17. The number of hydrogen-bond donors (Lipinski definition) is 0. The summed E-state index contributed by atoms with van der Waals surface area (Å²) in [6.45, 7) is 4.43. The van der Waals surface area contributed by atoms with E-state index in [1.807, 2.05) is 4.68 Å². The first-order valence-corrected chi connectivity index (χ1v) is 9.29. The first kappa shape index (κ1) is 17.9. The number of nitrogens with zero attached hydrogens (tertiary/aromatic N) is 3. The summed E-state index contributed by atoms with van der Waals surface area (Å²) < 4.78 is 20.8. The van der Waals surface area contributed by atoms with Gasteiger partial charge in [0, 0.05) is 36.5 Å². The predicted molar refractivity (Wildman–Crippen MR) is 104 cm³/mol. The molecule has 140 valence electrons. The van der Waals surface area contributed by atoms with Crippen molar-refractivity contribution >= 4 is 0 Å². The highest BCUT2D eigenvalue weighted by atomic mass is 19.1. The van der Waals surface area contributed by atoms with Gasteiger partial charge in [-0.25, -0.2) is 9.07 Å². The van der Waals surface area contributed by atoms with Crippen LogP contribution in [0.25, 0.3) is 16.9 Å². The van der Waals surface area contributed by atoms with Crippen molar-refractivity contribution in [2.75, 3.05) is 20.3 Å². The van der Waals surface area contributed by atoms with Gasteiger partial charge in [0.2, 0.25) is 0 Å². The second kappa shape index (κ2) is 7.62. The molecule has 1 aliphatic rings. The molecule has 0 saturated carbocycles. The third-order valence-corrected chi connectivity index (χ3v) is 5.15. The SMILES string of the molecule is Cc1ccc(-n2cc(CN(C)C3CCOC3)c(-c3ccc(F)cc3)n2)cc1. The Morgan fingerprint density at radius 2 is 1.89 bits per heavy atom. The van der Waals surface area contributed by atoms with Crippen LogP contribution >= 0.6 is 0 Å². The van der Waals surface area contributed by atoms with Gasteiger partial charge in [0.25, 0.3) is 0 Å². The largest absolute Gasteiger partial charge is 0.380 e. The Morgan fingerprint density at radius 1 is 1.15 bits per heavy atom. The van der Waals surface area contributed by atoms with E-state index in [0.29, 0.717) is 6.04 Å². The van der Waals surface area contributed by atoms with Crippen LogP contribution in [0.2, 0.25) is 0 Å². The molecule has 1 aromatic heterocycles. The molecule has 4 rings (SSSR count). The van der Waals surface area contributed by atoms with Crippen LogP contribution in [0.4, 0.5) is 4.39 Å². The van der Waals surface area contributed by atoms with Crippen LogP contribution in [0.3, 0.4) is 0 Å². The molecule has 0 N–H and O–H groups in total. The van der Waals surface area contributed by atoms with Crippen molar-refractivity contribution < 1.29 is 9.13 Å². The fraction of sp³-hybridized carbons (Fsp3) is 0.318. The third-order valence-electron chi connectivity index (χ3n) is 5.15. The van der Waals surface area contributed by atoms with Crippen molar-refractivity contribution in [3.8, 4) is 16.9 Å². The van der Waals surface area contributed by atoms with Crippen LogP contribution in [0.1, 0.15) is 17.5 Å². The van der Waals surface area contributed by atoms with Gasteiger partial charge in [0.05, 0.1) is 18.0 Å². The van der Waals surface area contributed by atoms with Crippen LogP contribution in [-0.2, 0) is 11.3 Å². The highest BCUT2D eigenvalue weighted by molar-refractivity contribution is 5.63. The molecule has 3 aromatic rings. The van der Waals surface area contributed by atoms with Crippen LogP contribution in [-0.4, -0.2) is 41.0 Å². The molecule has 2 aromatic carbocycles. The lowest BCUT2D eigenvalue weighted by Gasteiger charge is -2.22. The van der Waals surface area contributed by atoms with E-state index < -0.39 is 0 Å². The smallest absolute Gasteiger partial charge is 0.123 e. The summed E-state index contributed by atoms with van der Waals surface area (Å²) >= 11 is 0. The Bertz CT molecular complexity index is 896.